The van der Waals surface area contributed by atoms with Crippen molar-refractivity contribution in [2.75, 3.05) is 18.8 Å². The summed E-state index contributed by atoms with van der Waals surface area (Å²) >= 11 is 1.59. The van der Waals surface area contributed by atoms with Crippen LogP contribution in [0.2, 0.25) is 0 Å². The van der Waals surface area contributed by atoms with Gasteiger partial charge in [0.25, 0.3) is 0 Å². The average molecular weight is 216 g/mol. The monoisotopic (exact) mass is 216 g/mol. The predicted octanol–water partition coefficient (Wildman–Crippen LogP) is 0.293. The number of aromatic amines is 1. The molecule has 14 heavy (non-hydrogen) atoms. The van der Waals surface area contributed by atoms with Crippen molar-refractivity contribution >= 4 is 11.8 Å². The molecule has 1 aromatic rings. The molecule has 1 rings (SSSR count). The Hall–Kier alpha value is -0.750. The van der Waals surface area contributed by atoms with Gasteiger partial charge in [0, 0.05) is 18.8 Å². The summed E-state index contributed by atoms with van der Waals surface area (Å²) in [6.07, 6.45) is 0. The Balaban J connectivity index is 2.46. The maximum absolute atomic E-state index is 11.2. The highest BCUT2D eigenvalue weighted by Crippen LogP contribution is 2.11. The molecule has 0 fully saturated rings. The first-order chi connectivity index (χ1) is 6.79. The van der Waals surface area contributed by atoms with Crippen molar-refractivity contribution in [3.8, 4) is 0 Å². The molecular formula is C8H16N4OS. The van der Waals surface area contributed by atoms with Crippen molar-refractivity contribution in [3.05, 3.63) is 10.5 Å². The number of aromatic nitrogens is 3. The fourth-order valence-corrected chi connectivity index (χ4v) is 1.99. The lowest BCUT2D eigenvalue weighted by Gasteiger charge is -2.02. The van der Waals surface area contributed by atoms with E-state index in [2.05, 4.69) is 22.4 Å². The average Bonchev–Trinajstić information content (AvgIpc) is 2.54. The van der Waals surface area contributed by atoms with Crippen molar-refractivity contribution < 1.29 is 0 Å². The minimum absolute atomic E-state index is 0.126. The third-order valence-electron chi connectivity index (χ3n) is 1.80. The summed E-state index contributed by atoms with van der Waals surface area (Å²) in [5.41, 5.74) is -0.126. The molecule has 0 saturated carbocycles. The van der Waals surface area contributed by atoms with Crippen molar-refractivity contribution in [2.45, 2.75) is 25.5 Å². The van der Waals surface area contributed by atoms with Gasteiger partial charge >= 0.3 is 5.69 Å². The van der Waals surface area contributed by atoms with Gasteiger partial charge in [0.15, 0.2) is 5.16 Å². The summed E-state index contributed by atoms with van der Waals surface area (Å²) in [5.74, 6) is 0.929. The number of rotatable bonds is 6. The third-order valence-corrected chi connectivity index (χ3v) is 2.78. The zero-order chi connectivity index (χ0) is 10.4. The van der Waals surface area contributed by atoms with Gasteiger partial charge in [-0.1, -0.05) is 18.7 Å². The van der Waals surface area contributed by atoms with Crippen LogP contribution in [0.5, 0.6) is 0 Å². The highest BCUT2D eigenvalue weighted by atomic mass is 32.2. The number of hydrogen-bond donors (Lipinski definition) is 2. The second kappa shape index (κ2) is 5.87. The second-order valence-electron chi connectivity index (χ2n) is 2.76. The quantitative estimate of drug-likeness (QED) is 0.530. The number of hydrogen-bond acceptors (Lipinski definition) is 4. The van der Waals surface area contributed by atoms with Crippen molar-refractivity contribution in [1.29, 1.82) is 0 Å². The van der Waals surface area contributed by atoms with Crippen LogP contribution in [-0.4, -0.2) is 33.6 Å². The lowest BCUT2D eigenvalue weighted by atomic mass is 10.7. The Morgan fingerprint density at radius 3 is 3.00 bits per heavy atom. The van der Waals surface area contributed by atoms with E-state index < -0.39 is 0 Å². The molecule has 0 unspecified atom stereocenters. The molecule has 6 heteroatoms. The van der Waals surface area contributed by atoms with Gasteiger partial charge in [-0.3, -0.25) is 4.57 Å². The van der Waals surface area contributed by atoms with Gasteiger partial charge < -0.3 is 5.32 Å². The highest BCUT2D eigenvalue weighted by Gasteiger charge is 2.05. The van der Waals surface area contributed by atoms with Crippen LogP contribution in [0.1, 0.15) is 13.8 Å². The highest BCUT2D eigenvalue weighted by molar-refractivity contribution is 7.99. The Morgan fingerprint density at radius 1 is 1.57 bits per heavy atom. The van der Waals surface area contributed by atoms with Crippen LogP contribution in [0.3, 0.4) is 0 Å². The second-order valence-corrected chi connectivity index (χ2v) is 3.82. The lowest BCUT2D eigenvalue weighted by molar-refractivity contribution is 0.659. The molecule has 1 aromatic heterocycles. The normalized spacial score (nSPS) is 10.7. The van der Waals surface area contributed by atoms with Gasteiger partial charge in [-0.15, -0.1) is 5.10 Å². The predicted molar refractivity (Wildman–Crippen MR) is 57.8 cm³/mol. The van der Waals surface area contributed by atoms with Crippen LogP contribution in [0.15, 0.2) is 9.95 Å². The van der Waals surface area contributed by atoms with E-state index in [4.69, 9.17) is 0 Å². The van der Waals surface area contributed by atoms with Crippen LogP contribution in [0.4, 0.5) is 0 Å². The van der Waals surface area contributed by atoms with Crippen molar-refractivity contribution in [1.82, 2.24) is 20.1 Å². The van der Waals surface area contributed by atoms with E-state index in [0.717, 1.165) is 24.0 Å². The molecule has 0 aliphatic carbocycles. The first-order valence-corrected chi connectivity index (χ1v) is 5.76. The molecule has 0 amide bonds. The molecule has 0 aliphatic rings. The van der Waals surface area contributed by atoms with Crippen LogP contribution in [0, 0.1) is 0 Å². The van der Waals surface area contributed by atoms with Gasteiger partial charge in [0.2, 0.25) is 0 Å². The lowest BCUT2D eigenvalue weighted by Crippen LogP contribution is -2.18. The summed E-state index contributed by atoms with van der Waals surface area (Å²) in [6.45, 7) is 6.58. The van der Waals surface area contributed by atoms with Gasteiger partial charge in [-0.05, 0) is 13.5 Å². The minimum atomic E-state index is -0.126. The maximum atomic E-state index is 11.2. The topological polar surface area (TPSA) is 62.7 Å². The maximum Gasteiger partial charge on any atom is 0.343 e. The number of nitrogens with zero attached hydrogens (tertiary/aromatic N) is 2. The van der Waals surface area contributed by atoms with E-state index in [9.17, 15) is 4.79 Å². The van der Waals surface area contributed by atoms with E-state index in [-0.39, 0.29) is 5.69 Å². The molecule has 80 valence electrons. The van der Waals surface area contributed by atoms with Crippen LogP contribution < -0.4 is 11.0 Å². The molecule has 0 atom stereocenters. The van der Waals surface area contributed by atoms with Crippen LogP contribution in [-0.2, 0) is 6.54 Å². The molecule has 0 bridgehead atoms. The van der Waals surface area contributed by atoms with E-state index in [1.165, 1.54) is 0 Å². The SMILES string of the molecule is CCNCCSc1n[nH]c(=O)n1CC. The smallest absolute Gasteiger partial charge is 0.316 e. The summed E-state index contributed by atoms with van der Waals surface area (Å²) < 4.78 is 1.64. The van der Waals surface area contributed by atoms with E-state index in [1.54, 1.807) is 16.3 Å². The number of thioether (sulfide) groups is 1. The molecule has 5 nitrogen and oxygen atoms in total. The molecule has 2 N–H and O–H groups in total. The van der Waals surface area contributed by atoms with Gasteiger partial charge in [0.05, 0.1) is 0 Å². The van der Waals surface area contributed by atoms with E-state index >= 15 is 0 Å². The standard InChI is InChI=1S/C8H16N4OS/c1-3-9-5-6-14-8-11-10-7(13)12(8)4-2/h9H,3-6H2,1-2H3,(H,10,13). The van der Waals surface area contributed by atoms with Crippen LogP contribution in [0.25, 0.3) is 0 Å². The Kier molecular flexibility index (Phi) is 4.75. The van der Waals surface area contributed by atoms with E-state index in [1.807, 2.05) is 6.92 Å². The van der Waals surface area contributed by atoms with E-state index in [0.29, 0.717) is 6.54 Å². The molecule has 0 saturated heterocycles. The minimum Gasteiger partial charge on any atom is -0.316 e. The summed E-state index contributed by atoms with van der Waals surface area (Å²) in [4.78, 5) is 11.2. The summed E-state index contributed by atoms with van der Waals surface area (Å²) in [7, 11) is 0. The summed E-state index contributed by atoms with van der Waals surface area (Å²) in [6, 6.07) is 0. The molecular weight excluding hydrogens is 200 g/mol. The molecule has 0 spiro atoms. The van der Waals surface area contributed by atoms with Gasteiger partial charge in [-0.25, -0.2) is 9.89 Å². The first kappa shape index (κ1) is 11.3. The largest absolute Gasteiger partial charge is 0.343 e. The Bertz CT molecular complexity index is 319. The zero-order valence-electron chi connectivity index (χ0n) is 8.54. The zero-order valence-corrected chi connectivity index (χ0v) is 9.36. The molecule has 0 aliphatic heterocycles. The Morgan fingerprint density at radius 2 is 2.36 bits per heavy atom. The fraction of sp³-hybridized carbons (Fsp3) is 0.750. The third kappa shape index (κ3) is 2.88. The number of nitrogens with one attached hydrogen (secondary N) is 2. The van der Waals surface area contributed by atoms with Gasteiger partial charge in [0.1, 0.15) is 0 Å². The Labute approximate surface area is 87.3 Å². The van der Waals surface area contributed by atoms with Crippen molar-refractivity contribution in [2.24, 2.45) is 0 Å². The number of H-pyrrole nitrogens is 1. The fourth-order valence-electron chi connectivity index (χ4n) is 1.08. The van der Waals surface area contributed by atoms with Crippen molar-refractivity contribution in [3.63, 3.8) is 0 Å². The molecule has 0 aromatic carbocycles. The van der Waals surface area contributed by atoms with Gasteiger partial charge in [-0.2, -0.15) is 0 Å². The molecule has 0 radical (unpaired) electrons. The summed E-state index contributed by atoms with van der Waals surface area (Å²) in [5, 5.41) is 10.4. The van der Waals surface area contributed by atoms with Crippen LogP contribution >= 0.6 is 11.8 Å². The molecule has 1 heterocycles. The first-order valence-electron chi connectivity index (χ1n) is 4.78.